The Labute approximate surface area is 86.1 Å². The molecule has 2 heterocycles. The smallest absolute Gasteiger partial charge is 0.106 e. The molecule has 1 aliphatic rings. The molecule has 1 unspecified atom stereocenters. The van der Waals surface area contributed by atoms with Crippen LogP contribution in [0.1, 0.15) is 6.42 Å². The van der Waals surface area contributed by atoms with Gasteiger partial charge in [-0.15, -0.1) is 0 Å². The lowest BCUT2D eigenvalue weighted by atomic mass is 10.3. The lowest BCUT2D eigenvalue weighted by Gasteiger charge is -2.17. The van der Waals surface area contributed by atoms with Crippen molar-refractivity contribution in [3.8, 4) is 0 Å². The molecule has 1 saturated heterocycles. The van der Waals surface area contributed by atoms with E-state index in [-0.39, 0.29) is 0 Å². The van der Waals surface area contributed by atoms with Crippen molar-refractivity contribution in [2.45, 2.75) is 12.5 Å². The molecule has 0 radical (unpaired) electrons. The molecule has 1 aliphatic heterocycles. The van der Waals surface area contributed by atoms with E-state index in [4.69, 9.17) is 5.73 Å². The number of pyridine rings is 1. The van der Waals surface area contributed by atoms with Gasteiger partial charge in [-0.3, -0.25) is 0 Å². The first-order chi connectivity index (χ1) is 6.25. The van der Waals surface area contributed by atoms with Crippen molar-refractivity contribution in [3.63, 3.8) is 0 Å². The maximum absolute atomic E-state index is 5.82. The van der Waals surface area contributed by atoms with Gasteiger partial charge < -0.3 is 10.6 Å². The van der Waals surface area contributed by atoms with Crippen molar-refractivity contribution >= 4 is 21.6 Å². The first-order valence-electron chi connectivity index (χ1n) is 4.38. The Bertz CT molecular complexity index is 285. The number of nitrogens with zero attached hydrogens (tertiary/aromatic N) is 2. The van der Waals surface area contributed by atoms with Gasteiger partial charge in [0.15, 0.2) is 0 Å². The largest absolute Gasteiger partial charge is 0.369 e. The maximum atomic E-state index is 5.82. The third kappa shape index (κ3) is 2.00. The van der Waals surface area contributed by atoms with Crippen LogP contribution in [0.2, 0.25) is 0 Å². The molecule has 70 valence electrons. The molecule has 0 aliphatic carbocycles. The summed E-state index contributed by atoms with van der Waals surface area (Å²) in [5, 5.41) is 0. The number of rotatable bonds is 1. The second kappa shape index (κ2) is 3.64. The quantitative estimate of drug-likeness (QED) is 0.756. The van der Waals surface area contributed by atoms with Crippen LogP contribution in [0.5, 0.6) is 0 Å². The molecule has 1 atom stereocenters. The molecule has 13 heavy (non-hydrogen) atoms. The Hall–Kier alpha value is -0.610. The van der Waals surface area contributed by atoms with Gasteiger partial charge in [-0.2, -0.15) is 0 Å². The van der Waals surface area contributed by atoms with Gasteiger partial charge in [-0.05, 0) is 34.5 Å². The summed E-state index contributed by atoms with van der Waals surface area (Å²) in [5.74, 6) is 0. The van der Waals surface area contributed by atoms with Crippen LogP contribution in [-0.4, -0.2) is 24.1 Å². The first kappa shape index (κ1) is 8.97. The molecule has 2 N–H and O–H groups in total. The Morgan fingerprint density at radius 1 is 1.54 bits per heavy atom. The van der Waals surface area contributed by atoms with Gasteiger partial charge in [0.2, 0.25) is 0 Å². The molecule has 0 aromatic carbocycles. The summed E-state index contributed by atoms with van der Waals surface area (Å²) in [6.07, 6.45) is 2.96. The molecule has 1 aromatic rings. The molecular weight excluding hydrogens is 230 g/mol. The van der Waals surface area contributed by atoms with E-state index in [2.05, 4.69) is 31.9 Å². The summed E-state index contributed by atoms with van der Waals surface area (Å²) in [6, 6.07) is 4.34. The zero-order valence-electron chi connectivity index (χ0n) is 7.28. The van der Waals surface area contributed by atoms with Gasteiger partial charge in [0.05, 0.1) is 11.9 Å². The van der Waals surface area contributed by atoms with Crippen LogP contribution >= 0.6 is 15.9 Å². The van der Waals surface area contributed by atoms with Gasteiger partial charge in [-0.25, -0.2) is 4.98 Å². The number of aromatic nitrogens is 1. The SMILES string of the molecule is NC1CCN(c2ccc(Br)nc2)C1. The Kier molecular flexibility index (Phi) is 2.51. The summed E-state index contributed by atoms with van der Waals surface area (Å²) in [4.78, 5) is 6.45. The van der Waals surface area contributed by atoms with Crippen LogP contribution in [0.25, 0.3) is 0 Å². The predicted octanol–water partition coefficient (Wildman–Crippen LogP) is 1.38. The van der Waals surface area contributed by atoms with E-state index >= 15 is 0 Å². The van der Waals surface area contributed by atoms with Crippen molar-refractivity contribution in [3.05, 3.63) is 22.9 Å². The summed E-state index contributed by atoms with van der Waals surface area (Å²) in [5.41, 5.74) is 6.98. The minimum atomic E-state index is 0.323. The Morgan fingerprint density at radius 2 is 2.38 bits per heavy atom. The third-order valence-corrected chi connectivity index (χ3v) is 2.77. The van der Waals surface area contributed by atoms with Gasteiger partial charge >= 0.3 is 0 Å². The summed E-state index contributed by atoms with van der Waals surface area (Å²) in [6.45, 7) is 1.99. The molecule has 3 nitrogen and oxygen atoms in total. The zero-order chi connectivity index (χ0) is 9.26. The molecule has 2 rings (SSSR count). The number of hydrogen-bond donors (Lipinski definition) is 1. The number of hydrogen-bond acceptors (Lipinski definition) is 3. The van der Waals surface area contributed by atoms with E-state index in [9.17, 15) is 0 Å². The van der Waals surface area contributed by atoms with Crippen molar-refractivity contribution in [1.29, 1.82) is 0 Å². The fourth-order valence-corrected chi connectivity index (χ4v) is 1.81. The standard InChI is InChI=1S/C9H12BrN3/c10-9-2-1-8(5-12-9)13-4-3-7(11)6-13/h1-2,5,7H,3-4,6,11H2. The fraction of sp³-hybridized carbons (Fsp3) is 0.444. The van der Waals surface area contributed by atoms with Gasteiger partial charge in [0, 0.05) is 19.1 Å². The van der Waals surface area contributed by atoms with Crippen molar-refractivity contribution in [2.75, 3.05) is 18.0 Å². The van der Waals surface area contributed by atoms with Crippen molar-refractivity contribution in [1.82, 2.24) is 4.98 Å². The van der Waals surface area contributed by atoms with Crippen molar-refractivity contribution in [2.24, 2.45) is 5.73 Å². The summed E-state index contributed by atoms with van der Waals surface area (Å²) < 4.78 is 0.875. The second-order valence-electron chi connectivity index (χ2n) is 3.33. The highest BCUT2D eigenvalue weighted by Crippen LogP contribution is 2.19. The minimum Gasteiger partial charge on any atom is -0.369 e. The third-order valence-electron chi connectivity index (χ3n) is 2.30. The zero-order valence-corrected chi connectivity index (χ0v) is 8.87. The van der Waals surface area contributed by atoms with E-state index < -0.39 is 0 Å². The van der Waals surface area contributed by atoms with E-state index in [1.165, 1.54) is 0 Å². The van der Waals surface area contributed by atoms with Gasteiger partial charge in [0.1, 0.15) is 4.60 Å². The predicted molar refractivity (Wildman–Crippen MR) is 56.7 cm³/mol. The topological polar surface area (TPSA) is 42.1 Å². The van der Waals surface area contributed by atoms with Gasteiger partial charge in [-0.1, -0.05) is 0 Å². The number of nitrogens with two attached hydrogens (primary N) is 1. The van der Waals surface area contributed by atoms with Crippen LogP contribution in [0.3, 0.4) is 0 Å². The monoisotopic (exact) mass is 241 g/mol. The van der Waals surface area contributed by atoms with Gasteiger partial charge in [0.25, 0.3) is 0 Å². The lowest BCUT2D eigenvalue weighted by molar-refractivity contribution is 0.752. The Balaban J connectivity index is 2.13. The minimum absolute atomic E-state index is 0.323. The molecular formula is C9H12BrN3. The van der Waals surface area contributed by atoms with Crippen LogP contribution in [0, 0.1) is 0 Å². The molecule has 1 aromatic heterocycles. The van der Waals surface area contributed by atoms with Crippen LogP contribution in [-0.2, 0) is 0 Å². The van der Waals surface area contributed by atoms with Crippen LogP contribution in [0.15, 0.2) is 22.9 Å². The van der Waals surface area contributed by atoms with E-state index in [0.29, 0.717) is 6.04 Å². The first-order valence-corrected chi connectivity index (χ1v) is 5.17. The fourth-order valence-electron chi connectivity index (χ4n) is 1.58. The molecule has 0 bridgehead atoms. The van der Waals surface area contributed by atoms with E-state index in [1.54, 1.807) is 0 Å². The highest BCUT2D eigenvalue weighted by atomic mass is 79.9. The number of halogens is 1. The molecule has 4 heteroatoms. The summed E-state index contributed by atoms with van der Waals surface area (Å²) >= 11 is 3.31. The average molecular weight is 242 g/mol. The van der Waals surface area contributed by atoms with Crippen LogP contribution < -0.4 is 10.6 Å². The summed E-state index contributed by atoms with van der Waals surface area (Å²) in [7, 11) is 0. The second-order valence-corrected chi connectivity index (χ2v) is 4.15. The highest BCUT2D eigenvalue weighted by Gasteiger charge is 2.18. The number of anilines is 1. The molecule has 0 saturated carbocycles. The van der Waals surface area contributed by atoms with Crippen LogP contribution in [0.4, 0.5) is 5.69 Å². The molecule has 1 fully saturated rings. The average Bonchev–Trinajstić information content (AvgIpc) is 2.53. The van der Waals surface area contributed by atoms with Crippen molar-refractivity contribution < 1.29 is 0 Å². The Morgan fingerprint density at radius 3 is 2.92 bits per heavy atom. The molecule has 0 spiro atoms. The maximum Gasteiger partial charge on any atom is 0.106 e. The highest BCUT2D eigenvalue weighted by molar-refractivity contribution is 9.10. The normalized spacial score (nSPS) is 22.3. The molecule has 0 amide bonds. The van der Waals surface area contributed by atoms with E-state index in [1.807, 2.05) is 12.3 Å². The lowest BCUT2D eigenvalue weighted by Crippen LogP contribution is -2.26. The van der Waals surface area contributed by atoms with E-state index in [0.717, 1.165) is 29.8 Å².